The number of methoxy groups -OCH3 is 1. The highest BCUT2D eigenvalue weighted by molar-refractivity contribution is 5.95. The molecule has 2 aromatic heterocycles. The van der Waals surface area contributed by atoms with Crippen molar-refractivity contribution in [1.82, 2.24) is 19.6 Å². The Morgan fingerprint density at radius 3 is 2.50 bits per heavy atom. The van der Waals surface area contributed by atoms with Crippen molar-refractivity contribution in [3.05, 3.63) is 29.2 Å². The van der Waals surface area contributed by atoms with Gasteiger partial charge >= 0.3 is 0 Å². The summed E-state index contributed by atoms with van der Waals surface area (Å²) >= 11 is 0. The van der Waals surface area contributed by atoms with Gasteiger partial charge < -0.3 is 4.74 Å². The topological polar surface area (TPSA) is 61.9 Å². The first-order valence-corrected chi connectivity index (χ1v) is 5.62. The molecule has 0 saturated carbocycles. The van der Waals surface area contributed by atoms with Crippen molar-refractivity contribution in [2.45, 2.75) is 13.3 Å². The molecule has 0 saturated heterocycles. The predicted molar refractivity (Wildman–Crippen MR) is 65.7 cm³/mol. The summed E-state index contributed by atoms with van der Waals surface area (Å²) < 4.78 is 8.34. The van der Waals surface area contributed by atoms with Crippen molar-refractivity contribution in [2.75, 3.05) is 7.11 Å². The van der Waals surface area contributed by atoms with E-state index in [1.807, 2.05) is 20.0 Å². The number of carbonyl (C=O) groups excluding carboxylic acids is 1. The van der Waals surface area contributed by atoms with Crippen molar-refractivity contribution in [3.8, 4) is 5.88 Å². The van der Waals surface area contributed by atoms with Gasteiger partial charge in [-0.2, -0.15) is 10.2 Å². The van der Waals surface area contributed by atoms with Crippen LogP contribution in [0.25, 0.3) is 0 Å². The Hall–Kier alpha value is -2.11. The van der Waals surface area contributed by atoms with Crippen LogP contribution in [0.1, 0.15) is 21.9 Å². The predicted octanol–water partition coefficient (Wildman–Crippen LogP) is 0.896. The molecule has 96 valence electrons. The van der Waals surface area contributed by atoms with Gasteiger partial charge in [0.05, 0.1) is 19.2 Å². The Morgan fingerprint density at radius 1 is 1.28 bits per heavy atom. The maximum Gasteiger partial charge on any atom is 0.211 e. The minimum atomic E-state index is -0.0445. The summed E-state index contributed by atoms with van der Waals surface area (Å²) in [6.07, 6.45) is 0.289. The highest BCUT2D eigenvalue weighted by atomic mass is 16.5. The van der Waals surface area contributed by atoms with Gasteiger partial charge in [0.15, 0.2) is 5.78 Å². The lowest BCUT2D eigenvalue weighted by molar-refractivity contribution is 0.0985. The zero-order valence-corrected chi connectivity index (χ0v) is 11.0. The zero-order valence-electron chi connectivity index (χ0n) is 11.0. The van der Waals surface area contributed by atoms with Crippen LogP contribution in [-0.4, -0.2) is 32.5 Å². The van der Waals surface area contributed by atoms with Gasteiger partial charge in [-0.1, -0.05) is 0 Å². The molecule has 0 amide bonds. The molecule has 0 aliphatic heterocycles. The third kappa shape index (κ3) is 2.27. The van der Waals surface area contributed by atoms with Gasteiger partial charge in [-0.05, 0) is 13.0 Å². The molecule has 0 unspecified atom stereocenters. The summed E-state index contributed by atoms with van der Waals surface area (Å²) in [6.45, 7) is 1.90. The molecule has 18 heavy (non-hydrogen) atoms. The normalized spacial score (nSPS) is 10.7. The molecule has 6 nitrogen and oxygen atoms in total. The molecule has 0 aromatic carbocycles. The lowest BCUT2D eigenvalue weighted by atomic mass is 10.1. The van der Waals surface area contributed by atoms with E-state index in [1.165, 1.54) is 0 Å². The van der Waals surface area contributed by atoms with E-state index in [1.54, 1.807) is 29.6 Å². The number of hydrogen-bond acceptors (Lipinski definition) is 4. The van der Waals surface area contributed by atoms with Crippen molar-refractivity contribution in [2.24, 2.45) is 14.1 Å². The van der Waals surface area contributed by atoms with Crippen LogP contribution >= 0.6 is 0 Å². The van der Waals surface area contributed by atoms with E-state index in [9.17, 15) is 4.79 Å². The molecule has 0 spiro atoms. The van der Waals surface area contributed by atoms with Gasteiger partial charge in [0, 0.05) is 25.9 Å². The molecular weight excluding hydrogens is 232 g/mol. The number of aryl methyl sites for hydroxylation is 3. The second-order valence-corrected chi connectivity index (χ2v) is 4.20. The summed E-state index contributed by atoms with van der Waals surface area (Å²) in [6, 6.07) is 3.55. The SMILES string of the molecule is COc1cc(C(=O)Cc2cc(C)nn2C)nn1C. The molecule has 0 aliphatic carbocycles. The second-order valence-electron chi connectivity index (χ2n) is 4.20. The summed E-state index contributed by atoms with van der Waals surface area (Å²) in [5, 5.41) is 8.34. The minimum absolute atomic E-state index is 0.0445. The average Bonchev–Trinajstić information content (AvgIpc) is 2.82. The summed E-state index contributed by atoms with van der Waals surface area (Å²) in [5.41, 5.74) is 2.19. The number of aromatic nitrogens is 4. The fourth-order valence-corrected chi connectivity index (χ4v) is 1.86. The van der Waals surface area contributed by atoms with Gasteiger partial charge in [-0.25, -0.2) is 4.68 Å². The molecule has 0 N–H and O–H groups in total. The van der Waals surface area contributed by atoms with E-state index in [4.69, 9.17) is 4.74 Å². The first kappa shape index (κ1) is 12.3. The average molecular weight is 248 g/mol. The lowest BCUT2D eigenvalue weighted by Crippen LogP contribution is -2.09. The highest BCUT2D eigenvalue weighted by Gasteiger charge is 2.15. The fraction of sp³-hybridized carbons (Fsp3) is 0.417. The van der Waals surface area contributed by atoms with Crippen LogP contribution in [0.5, 0.6) is 5.88 Å². The number of ether oxygens (including phenoxy) is 1. The summed E-state index contributed by atoms with van der Waals surface area (Å²) in [5.74, 6) is 0.524. The maximum atomic E-state index is 12.1. The number of Topliss-reactive ketones (excluding diaryl/α,β-unsaturated/α-hetero) is 1. The van der Waals surface area contributed by atoms with Crippen molar-refractivity contribution in [1.29, 1.82) is 0 Å². The fourth-order valence-electron chi connectivity index (χ4n) is 1.86. The number of ketones is 1. The molecule has 0 radical (unpaired) electrons. The Kier molecular flexibility index (Phi) is 3.18. The lowest BCUT2D eigenvalue weighted by Gasteiger charge is -1.98. The molecule has 6 heteroatoms. The van der Waals surface area contributed by atoms with E-state index in [0.29, 0.717) is 11.6 Å². The smallest absolute Gasteiger partial charge is 0.211 e. The van der Waals surface area contributed by atoms with Gasteiger partial charge in [0.25, 0.3) is 0 Å². The quantitative estimate of drug-likeness (QED) is 0.754. The van der Waals surface area contributed by atoms with Crippen molar-refractivity contribution >= 4 is 5.78 Å². The highest BCUT2D eigenvalue weighted by Crippen LogP contribution is 2.13. The van der Waals surface area contributed by atoms with Crippen LogP contribution in [0.2, 0.25) is 0 Å². The maximum absolute atomic E-state index is 12.1. The Morgan fingerprint density at radius 2 is 2.00 bits per heavy atom. The van der Waals surface area contributed by atoms with Crippen LogP contribution in [-0.2, 0) is 20.5 Å². The number of nitrogens with zero attached hydrogens (tertiary/aromatic N) is 4. The molecule has 2 rings (SSSR count). The van der Waals surface area contributed by atoms with Crippen LogP contribution < -0.4 is 4.74 Å². The van der Waals surface area contributed by atoms with E-state index in [2.05, 4.69) is 10.2 Å². The van der Waals surface area contributed by atoms with Crippen molar-refractivity contribution < 1.29 is 9.53 Å². The molecular formula is C12H16N4O2. The Bertz CT molecular complexity index is 583. The van der Waals surface area contributed by atoms with Crippen molar-refractivity contribution in [3.63, 3.8) is 0 Å². The summed E-state index contributed by atoms with van der Waals surface area (Å²) in [7, 11) is 5.12. The van der Waals surface area contributed by atoms with Gasteiger partial charge in [-0.3, -0.25) is 9.48 Å². The molecule has 0 atom stereocenters. The largest absolute Gasteiger partial charge is 0.481 e. The zero-order chi connectivity index (χ0) is 13.3. The van der Waals surface area contributed by atoms with Crippen LogP contribution in [0.3, 0.4) is 0 Å². The van der Waals surface area contributed by atoms with Crippen LogP contribution in [0, 0.1) is 6.92 Å². The van der Waals surface area contributed by atoms with Gasteiger partial charge in [0.1, 0.15) is 5.69 Å². The number of rotatable bonds is 4. The molecule has 0 bridgehead atoms. The first-order chi connectivity index (χ1) is 8.51. The molecule has 0 aliphatic rings. The number of carbonyl (C=O) groups is 1. The third-order valence-corrected chi connectivity index (χ3v) is 2.77. The summed E-state index contributed by atoms with van der Waals surface area (Å²) in [4.78, 5) is 12.1. The molecule has 2 aromatic rings. The Balaban J connectivity index is 2.19. The standard InChI is InChI=1S/C12H16N4O2/c1-8-5-9(15(2)13-8)6-11(17)10-7-12(18-4)16(3)14-10/h5,7H,6H2,1-4H3. The Labute approximate surface area is 105 Å². The monoisotopic (exact) mass is 248 g/mol. The van der Waals surface area contributed by atoms with E-state index in [0.717, 1.165) is 11.4 Å². The third-order valence-electron chi connectivity index (χ3n) is 2.77. The second kappa shape index (κ2) is 4.64. The first-order valence-electron chi connectivity index (χ1n) is 5.62. The van der Waals surface area contributed by atoms with Gasteiger partial charge in [-0.15, -0.1) is 0 Å². The van der Waals surface area contributed by atoms with E-state index >= 15 is 0 Å². The minimum Gasteiger partial charge on any atom is -0.481 e. The van der Waals surface area contributed by atoms with E-state index < -0.39 is 0 Å². The van der Waals surface area contributed by atoms with Gasteiger partial charge in [0.2, 0.25) is 5.88 Å². The van der Waals surface area contributed by atoms with Crippen LogP contribution in [0.15, 0.2) is 12.1 Å². The van der Waals surface area contributed by atoms with Crippen LogP contribution in [0.4, 0.5) is 0 Å². The molecule has 0 fully saturated rings. The molecule has 2 heterocycles. The van der Waals surface area contributed by atoms with E-state index in [-0.39, 0.29) is 12.2 Å². The number of hydrogen-bond donors (Lipinski definition) is 0.